The Bertz CT molecular complexity index is 610. The Morgan fingerprint density at radius 1 is 1.20 bits per heavy atom. The molecule has 1 amide bonds. The minimum atomic E-state index is -0.271. The molecule has 0 spiro atoms. The van der Waals surface area contributed by atoms with Crippen molar-refractivity contribution in [3.63, 3.8) is 0 Å². The Kier molecular flexibility index (Phi) is 4.74. The van der Waals surface area contributed by atoms with E-state index in [2.05, 4.69) is 5.32 Å². The molecule has 0 unspecified atom stereocenters. The van der Waals surface area contributed by atoms with Gasteiger partial charge in [0.1, 0.15) is 5.82 Å². The summed E-state index contributed by atoms with van der Waals surface area (Å²) in [5.41, 5.74) is 2.59. The summed E-state index contributed by atoms with van der Waals surface area (Å²) in [6, 6.07) is 11.6. The van der Waals surface area contributed by atoms with Crippen LogP contribution < -0.4 is 5.32 Å². The third-order valence-electron chi connectivity index (χ3n) is 3.01. The lowest BCUT2D eigenvalue weighted by atomic mass is 10.1. The van der Waals surface area contributed by atoms with Gasteiger partial charge in [0, 0.05) is 17.1 Å². The van der Waals surface area contributed by atoms with Crippen LogP contribution in [-0.2, 0) is 11.2 Å². The SMILES string of the molecule is Cc1ccc(NC(=O)CCc2ccc(F)cc2)cc1Cl. The van der Waals surface area contributed by atoms with E-state index in [0.717, 1.165) is 11.1 Å². The van der Waals surface area contributed by atoms with E-state index < -0.39 is 0 Å². The Hall–Kier alpha value is -1.87. The van der Waals surface area contributed by atoms with Gasteiger partial charge in [-0.3, -0.25) is 4.79 Å². The first-order valence-electron chi connectivity index (χ1n) is 6.35. The molecule has 20 heavy (non-hydrogen) atoms. The van der Waals surface area contributed by atoms with E-state index in [-0.39, 0.29) is 11.7 Å². The Balaban J connectivity index is 1.89. The fourth-order valence-electron chi connectivity index (χ4n) is 1.80. The van der Waals surface area contributed by atoms with Crippen LogP contribution in [0.1, 0.15) is 17.5 Å². The first kappa shape index (κ1) is 14.5. The lowest BCUT2D eigenvalue weighted by Gasteiger charge is -2.07. The third kappa shape index (κ3) is 4.07. The summed E-state index contributed by atoms with van der Waals surface area (Å²) < 4.78 is 12.8. The minimum absolute atomic E-state index is 0.0887. The molecule has 0 aliphatic rings. The van der Waals surface area contributed by atoms with Crippen molar-refractivity contribution in [1.29, 1.82) is 0 Å². The Labute approximate surface area is 122 Å². The summed E-state index contributed by atoms with van der Waals surface area (Å²) >= 11 is 6.00. The lowest BCUT2D eigenvalue weighted by molar-refractivity contribution is -0.116. The van der Waals surface area contributed by atoms with Gasteiger partial charge in [0.05, 0.1) is 0 Å². The first-order valence-corrected chi connectivity index (χ1v) is 6.73. The highest BCUT2D eigenvalue weighted by atomic mass is 35.5. The van der Waals surface area contributed by atoms with Crippen LogP contribution in [0.2, 0.25) is 5.02 Å². The van der Waals surface area contributed by atoms with Gasteiger partial charge in [-0.1, -0.05) is 29.8 Å². The molecule has 0 aliphatic heterocycles. The maximum absolute atomic E-state index is 12.8. The molecule has 0 atom stereocenters. The van der Waals surface area contributed by atoms with Crippen LogP contribution in [0.3, 0.4) is 0 Å². The van der Waals surface area contributed by atoms with E-state index in [9.17, 15) is 9.18 Å². The lowest BCUT2D eigenvalue weighted by Crippen LogP contribution is -2.12. The molecular weight excluding hydrogens is 277 g/mol. The van der Waals surface area contributed by atoms with Gasteiger partial charge in [0.25, 0.3) is 0 Å². The number of carbonyl (C=O) groups excluding carboxylic acids is 1. The summed E-state index contributed by atoms with van der Waals surface area (Å²) in [4.78, 5) is 11.8. The number of halogens is 2. The number of nitrogens with one attached hydrogen (secondary N) is 1. The highest BCUT2D eigenvalue weighted by Crippen LogP contribution is 2.20. The predicted molar refractivity (Wildman–Crippen MR) is 79.5 cm³/mol. The van der Waals surface area contributed by atoms with E-state index in [1.54, 1.807) is 18.2 Å². The molecule has 0 heterocycles. The quantitative estimate of drug-likeness (QED) is 0.891. The molecular formula is C16H15ClFNO. The second-order valence-electron chi connectivity index (χ2n) is 4.64. The molecule has 2 rings (SSSR count). The van der Waals surface area contributed by atoms with Crippen molar-refractivity contribution in [2.45, 2.75) is 19.8 Å². The third-order valence-corrected chi connectivity index (χ3v) is 3.42. The highest BCUT2D eigenvalue weighted by molar-refractivity contribution is 6.31. The van der Waals surface area contributed by atoms with Gasteiger partial charge >= 0.3 is 0 Å². The van der Waals surface area contributed by atoms with Gasteiger partial charge in [-0.15, -0.1) is 0 Å². The molecule has 0 bridgehead atoms. The van der Waals surface area contributed by atoms with E-state index in [4.69, 9.17) is 11.6 Å². The summed E-state index contributed by atoms with van der Waals surface area (Å²) in [6.07, 6.45) is 0.919. The molecule has 2 nitrogen and oxygen atoms in total. The number of carbonyl (C=O) groups is 1. The fraction of sp³-hybridized carbons (Fsp3) is 0.188. The minimum Gasteiger partial charge on any atom is -0.326 e. The number of benzene rings is 2. The zero-order valence-corrected chi connectivity index (χ0v) is 11.9. The van der Waals surface area contributed by atoms with Crippen LogP contribution in [0.25, 0.3) is 0 Å². The zero-order chi connectivity index (χ0) is 14.5. The number of amides is 1. The Morgan fingerprint density at radius 3 is 2.55 bits per heavy atom. The number of rotatable bonds is 4. The van der Waals surface area contributed by atoms with Crippen molar-refractivity contribution in [3.05, 3.63) is 64.4 Å². The number of aryl methyl sites for hydroxylation is 2. The highest BCUT2D eigenvalue weighted by Gasteiger charge is 2.05. The van der Waals surface area contributed by atoms with Gasteiger partial charge < -0.3 is 5.32 Å². The van der Waals surface area contributed by atoms with Crippen LogP contribution in [-0.4, -0.2) is 5.91 Å². The smallest absolute Gasteiger partial charge is 0.224 e. The van der Waals surface area contributed by atoms with Crippen molar-refractivity contribution >= 4 is 23.2 Å². The van der Waals surface area contributed by atoms with Gasteiger partial charge in [-0.05, 0) is 48.7 Å². The average molecular weight is 292 g/mol. The summed E-state index contributed by atoms with van der Waals surface area (Å²) in [6.45, 7) is 1.91. The topological polar surface area (TPSA) is 29.1 Å². The van der Waals surface area contributed by atoms with Crippen molar-refractivity contribution in [3.8, 4) is 0 Å². The maximum atomic E-state index is 12.8. The average Bonchev–Trinajstić information content (AvgIpc) is 2.42. The van der Waals surface area contributed by atoms with Crippen molar-refractivity contribution in [1.82, 2.24) is 0 Å². The molecule has 1 N–H and O–H groups in total. The first-order chi connectivity index (χ1) is 9.54. The van der Waals surface area contributed by atoms with Crippen LogP contribution >= 0.6 is 11.6 Å². The van der Waals surface area contributed by atoms with Gasteiger partial charge in [-0.2, -0.15) is 0 Å². The predicted octanol–water partition coefficient (Wildman–Crippen LogP) is 4.36. The molecule has 104 valence electrons. The van der Waals surface area contributed by atoms with Gasteiger partial charge in [0.15, 0.2) is 0 Å². The molecule has 2 aromatic rings. The zero-order valence-electron chi connectivity index (χ0n) is 11.1. The van der Waals surface area contributed by atoms with Crippen molar-refractivity contribution in [2.24, 2.45) is 0 Å². The molecule has 0 saturated carbocycles. The standard InChI is InChI=1S/C16H15ClFNO/c1-11-2-8-14(10-15(11)17)19-16(20)9-5-12-3-6-13(18)7-4-12/h2-4,6-8,10H,5,9H2,1H3,(H,19,20). The molecule has 0 saturated heterocycles. The molecule has 0 fully saturated rings. The van der Waals surface area contributed by atoms with Crippen molar-refractivity contribution < 1.29 is 9.18 Å². The molecule has 2 aromatic carbocycles. The van der Waals surface area contributed by atoms with Crippen LogP contribution in [0.5, 0.6) is 0 Å². The second-order valence-corrected chi connectivity index (χ2v) is 5.05. The largest absolute Gasteiger partial charge is 0.326 e. The molecule has 0 aromatic heterocycles. The molecule has 0 radical (unpaired) electrons. The van der Waals surface area contributed by atoms with E-state index >= 15 is 0 Å². The summed E-state index contributed by atoms with van der Waals surface area (Å²) in [5.74, 6) is -0.359. The van der Waals surface area contributed by atoms with Crippen LogP contribution in [0, 0.1) is 12.7 Å². The number of anilines is 1. The molecule has 0 aliphatic carbocycles. The van der Waals surface area contributed by atoms with E-state index in [1.165, 1.54) is 12.1 Å². The maximum Gasteiger partial charge on any atom is 0.224 e. The van der Waals surface area contributed by atoms with Crippen molar-refractivity contribution in [2.75, 3.05) is 5.32 Å². The van der Waals surface area contributed by atoms with Gasteiger partial charge in [0.2, 0.25) is 5.91 Å². The monoisotopic (exact) mass is 291 g/mol. The van der Waals surface area contributed by atoms with E-state index in [0.29, 0.717) is 23.6 Å². The summed E-state index contributed by atoms with van der Waals surface area (Å²) in [7, 11) is 0. The fourth-order valence-corrected chi connectivity index (χ4v) is 1.98. The number of hydrogen-bond acceptors (Lipinski definition) is 1. The van der Waals surface area contributed by atoms with E-state index in [1.807, 2.05) is 19.1 Å². The van der Waals surface area contributed by atoms with Crippen LogP contribution in [0.15, 0.2) is 42.5 Å². The number of hydrogen-bond donors (Lipinski definition) is 1. The van der Waals surface area contributed by atoms with Gasteiger partial charge in [-0.25, -0.2) is 4.39 Å². The van der Waals surface area contributed by atoms with Crippen LogP contribution in [0.4, 0.5) is 10.1 Å². The Morgan fingerprint density at radius 2 is 1.90 bits per heavy atom. The molecule has 4 heteroatoms. The normalized spacial score (nSPS) is 10.3. The second kappa shape index (κ2) is 6.53. The summed E-state index contributed by atoms with van der Waals surface area (Å²) in [5, 5.41) is 3.42.